The molecule has 1 aromatic rings. The first-order valence-corrected chi connectivity index (χ1v) is 6.86. The topological polar surface area (TPSA) is 38.7 Å². The first kappa shape index (κ1) is 15.7. The van der Waals surface area contributed by atoms with Crippen molar-refractivity contribution in [2.24, 2.45) is 10.9 Å². The number of carbonyl (C=O) groups is 1. The number of benzene rings is 1. The molecule has 0 aliphatic rings. The summed E-state index contributed by atoms with van der Waals surface area (Å²) in [4.78, 5) is 16.1. The van der Waals surface area contributed by atoms with E-state index in [2.05, 4.69) is 18.8 Å². The Hall–Kier alpha value is -1.35. The van der Waals surface area contributed by atoms with E-state index in [-0.39, 0.29) is 5.97 Å². The lowest BCUT2D eigenvalue weighted by Gasteiger charge is -2.13. The Morgan fingerprint density at radius 1 is 1.37 bits per heavy atom. The lowest BCUT2D eigenvalue weighted by molar-refractivity contribution is -0.144. The molecule has 0 spiro atoms. The minimum atomic E-state index is -0.435. The summed E-state index contributed by atoms with van der Waals surface area (Å²) in [5, 5.41) is 0.682. The summed E-state index contributed by atoms with van der Waals surface area (Å²) >= 11 is 5.82. The van der Waals surface area contributed by atoms with E-state index in [1.54, 1.807) is 25.3 Å². The maximum absolute atomic E-state index is 11.8. The number of aliphatic imine (C=N–C) groups is 1. The maximum atomic E-state index is 11.8. The molecule has 0 aromatic heterocycles. The first-order valence-electron chi connectivity index (χ1n) is 6.48. The maximum Gasteiger partial charge on any atom is 0.330 e. The van der Waals surface area contributed by atoms with Crippen LogP contribution < -0.4 is 0 Å². The van der Waals surface area contributed by atoms with Crippen molar-refractivity contribution in [2.45, 2.75) is 33.2 Å². The second-order valence-corrected chi connectivity index (χ2v) is 5.16. The second-order valence-electron chi connectivity index (χ2n) is 4.73. The van der Waals surface area contributed by atoms with Gasteiger partial charge in [-0.1, -0.05) is 37.6 Å². The van der Waals surface area contributed by atoms with Gasteiger partial charge in [0, 0.05) is 11.2 Å². The summed E-state index contributed by atoms with van der Waals surface area (Å²) in [7, 11) is 0. The molecule has 0 heterocycles. The minimum Gasteiger partial charge on any atom is -0.464 e. The second kappa shape index (κ2) is 7.95. The molecule has 0 radical (unpaired) electrons. The van der Waals surface area contributed by atoms with Crippen molar-refractivity contribution in [3.05, 3.63) is 34.9 Å². The first-order chi connectivity index (χ1) is 9.02. The van der Waals surface area contributed by atoms with Crippen molar-refractivity contribution in [3.8, 4) is 0 Å². The fraction of sp³-hybridized carbons (Fsp3) is 0.467. The van der Waals surface area contributed by atoms with Crippen molar-refractivity contribution >= 4 is 23.8 Å². The van der Waals surface area contributed by atoms with E-state index >= 15 is 0 Å². The number of hydrogen-bond donors (Lipinski definition) is 0. The van der Waals surface area contributed by atoms with Crippen LogP contribution in [0.2, 0.25) is 5.02 Å². The molecule has 3 nitrogen and oxygen atoms in total. The highest BCUT2D eigenvalue weighted by Crippen LogP contribution is 2.12. The van der Waals surface area contributed by atoms with E-state index in [0.29, 0.717) is 24.0 Å². The molecule has 0 amide bonds. The van der Waals surface area contributed by atoms with Gasteiger partial charge in [0.05, 0.1) is 6.61 Å². The van der Waals surface area contributed by atoms with Crippen LogP contribution in [-0.4, -0.2) is 24.8 Å². The summed E-state index contributed by atoms with van der Waals surface area (Å²) in [5.74, 6) is 0.123. The average molecular weight is 282 g/mol. The van der Waals surface area contributed by atoms with Crippen LogP contribution in [0.1, 0.15) is 32.8 Å². The van der Waals surface area contributed by atoms with Crippen LogP contribution in [-0.2, 0) is 9.53 Å². The molecule has 19 heavy (non-hydrogen) atoms. The average Bonchev–Trinajstić information content (AvgIpc) is 2.36. The Labute approximate surface area is 119 Å². The Bertz CT molecular complexity index is 426. The van der Waals surface area contributed by atoms with Crippen molar-refractivity contribution < 1.29 is 9.53 Å². The zero-order chi connectivity index (χ0) is 14.3. The Morgan fingerprint density at radius 3 is 2.53 bits per heavy atom. The van der Waals surface area contributed by atoms with Gasteiger partial charge in [0.15, 0.2) is 0 Å². The highest BCUT2D eigenvalue weighted by Gasteiger charge is 2.19. The van der Waals surface area contributed by atoms with Crippen molar-refractivity contribution in [1.29, 1.82) is 0 Å². The Morgan fingerprint density at radius 2 is 2.00 bits per heavy atom. The smallest absolute Gasteiger partial charge is 0.330 e. The van der Waals surface area contributed by atoms with Gasteiger partial charge in [-0.3, -0.25) is 4.99 Å². The zero-order valence-corrected chi connectivity index (χ0v) is 12.4. The molecule has 0 aliphatic carbocycles. The van der Waals surface area contributed by atoms with Crippen LogP contribution in [0.3, 0.4) is 0 Å². The molecule has 1 rings (SSSR count). The zero-order valence-electron chi connectivity index (χ0n) is 11.6. The normalized spacial score (nSPS) is 12.9. The standard InChI is InChI=1S/C15H20ClNO2/c1-4-19-15(18)14(9-11(2)3)17-10-12-5-7-13(16)8-6-12/h5-8,10-11,14H,4,9H2,1-3H3. The highest BCUT2D eigenvalue weighted by molar-refractivity contribution is 6.30. The van der Waals surface area contributed by atoms with Crippen LogP contribution >= 0.6 is 11.6 Å². The van der Waals surface area contributed by atoms with Gasteiger partial charge in [-0.25, -0.2) is 4.79 Å². The number of ether oxygens (including phenoxy) is 1. The van der Waals surface area contributed by atoms with Gasteiger partial charge >= 0.3 is 5.97 Å². The number of carbonyl (C=O) groups excluding carboxylic acids is 1. The molecule has 0 saturated heterocycles. The van der Waals surface area contributed by atoms with Crippen molar-refractivity contribution in [1.82, 2.24) is 0 Å². The number of nitrogens with zero attached hydrogens (tertiary/aromatic N) is 1. The third-order valence-corrected chi connectivity index (χ3v) is 2.78. The lowest BCUT2D eigenvalue weighted by Crippen LogP contribution is -2.23. The molecule has 4 heteroatoms. The van der Waals surface area contributed by atoms with Crippen molar-refractivity contribution in [2.75, 3.05) is 6.61 Å². The van der Waals surface area contributed by atoms with E-state index in [1.807, 2.05) is 12.1 Å². The Kier molecular flexibility index (Phi) is 6.57. The fourth-order valence-electron chi connectivity index (χ4n) is 1.63. The van der Waals surface area contributed by atoms with Crippen LogP contribution in [0.4, 0.5) is 0 Å². The predicted octanol–water partition coefficient (Wildman–Crippen LogP) is 3.74. The highest BCUT2D eigenvalue weighted by atomic mass is 35.5. The largest absolute Gasteiger partial charge is 0.464 e. The third kappa shape index (κ3) is 5.88. The van der Waals surface area contributed by atoms with Crippen molar-refractivity contribution in [3.63, 3.8) is 0 Å². The van der Waals surface area contributed by atoms with Gasteiger partial charge < -0.3 is 4.74 Å². The molecule has 0 saturated carbocycles. The Balaban J connectivity index is 2.75. The SMILES string of the molecule is CCOC(=O)C(CC(C)C)N=Cc1ccc(Cl)cc1. The molecule has 104 valence electrons. The molecular weight excluding hydrogens is 262 g/mol. The van der Waals surface area contributed by atoms with Crippen LogP contribution in [0, 0.1) is 5.92 Å². The molecule has 0 fully saturated rings. The van der Waals surface area contributed by atoms with Gasteiger partial charge in [-0.2, -0.15) is 0 Å². The molecule has 0 N–H and O–H groups in total. The monoisotopic (exact) mass is 281 g/mol. The van der Waals surface area contributed by atoms with Gasteiger partial charge in [0.2, 0.25) is 0 Å². The number of halogens is 1. The van der Waals surface area contributed by atoms with Gasteiger partial charge in [-0.15, -0.1) is 0 Å². The summed E-state index contributed by atoms with van der Waals surface area (Å²) in [6, 6.07) is 6.89. The third-order valence-electron chi connectivity index (χ3n) is 2.53. The van der Waals surface area contributed by atoms with Gasteiger partial charge in [-0.05, 0) is 37.0 Å². The van der Waals surface area contributed by atoms with E-state index < -0.39 is 6.04 Å². The van der Waals surface area contributed by atoms with E-state index in [9.17, 15) is 4.79 Å². The summed E-state index contributed by atoms with van der Waals surface area (Å²) in [5.41, 5.74) is 0.919. The molecular formula is C15H20ClNO2. The minimum absolute atomic E-state index is 0.263. The van der Waals surface area contributed by atoms with Crippen LogP contribution in [0.25, 0.3) is 0 Å². The number of rotatable bonds is 6. The molecule has 0 aliphatic heterocycles. The lowest BCUT2D eigenvalue weighted by atomic mass is 10.0. The van der Waals surface area contributed by atoms with E-state index in [1.165, 1.54) is 0 Å². The summed E-state index contributed by atoms with van der Waals surface area (Å²) in [6.07, 6.45) is 2.38. The number of esters is 1. The summed E-state index contributed by atoms with van der Waals surface area (Å²) < 4.78 is 5.04. The predicted molar refractivity (Wildman–Crippen MR) is 78.9 cm³/mol. The fourth-order valence-corrected chi connectivity index (χ4v) is 1.75. The van der Waals surface area contributed by atoms with E-state index in [4.69, 9.17) is 16.3 Å². The quantitative estimate of drug-likeness (QED) is 0.588. The molecule has 1 atom stereocenters. The number of hydrogen-bond acceptors (Lipinski definition) is 3. The van der Waals surface area contributed by atoms with Crippen LogP contribution in [0.15, 0.2) is 29.3 Å². The van der Waals surface area contributed by atoms with Gasteiger partial charge in [0.1, 0.15) is 6.04 Å². The molecule has 1 unspecified atom stereocenters. The summed E-state index contributed by atoms with van der Waals surface area (Å²) in [6.45, 7) is 6.30. The van der Waals surface area contributed by atoms with E-state index in [0.717, 1.165) is 5.56 Å². The van der Waals surface area contributed by atoms with Crippen LogP contribution in [0.5, 0.6) is 0 Å². The van der Waals surface area contributed by atoms with Gasteiger partial charge in [0.25, 0.3) is 0 Å². The molecule has 1 aromatic carbocycles. The molecule has 0 bridgehead atoms.